The molecule has 142 valence electrons. The Morgan fingerprint density at radius 3 is 1.75 bits per heavy atom. The van der Waals surface area contributed by atoms with E-state index < -0.39 is 5.97 Å². The molecule has 0 aliphatic carbocycles. The van der Waals surface area contributed by atoms with Gasteiger partial charge in [-0.3, -0.25) is 4.79 Å². The van der Waals surface area contributed by atoms with Crippen molar-refractivity contribution >= 4 is 5.97 Å². The van der Waals surface area contributed by atoms with Gasteiger partial charge in [-0.05, 0) is 37.5 Å². The summed E-state index contributed by atoms with van der Waals surface area (Å²) in [4.78, 5) is 11.3. The van der Waals surface area contributed by atoms with Gasteiger partial charge in [0.2, 0.25) is 0 Å². The van der Waals surface area contributed by atoms with Crippen molar-refractivity contribution in [2.75, 3.05) is 0 Å². The summed E-state index contributed by atoms with van der Waals surface area (Å²) >= 11 is 0. The molecule has 0 saturated heterocycles. The molecule has 0 heterocycles. The third-order valence-corrected chi connectivity index (χ3v) is 4.85. The van der Waals surface area contributed by atoms with Gasteiger partial charge in [0, 0.05) is 0 Å². The van der Waals surface area contributed by atoms with Crippen LogP contribution in [0.3, 0.4) is 0 Å². The van der Waals surface area contributed by atoms with Crippen molar-refractivity contribution in [1.82, 2.24) is 0 Å². The van der Waals surface area contributed by atoms with Gasteiger partial charge < -0.3 is 5.11 Å². The number of allylic oxidation sites excluding steroid dienone is 2. The highest BCUT2D eigenvalue weighted by Crippen LogP contribution is 2.30. The second kappa shape index (κ2) is 14.5. The molecule has 1 unspecified atom stereocenters. The molecule has 2 heteroatoms. The maximum absolute atomic E-state index is 11.3. The van der Waals surface area contributed by atoms with Crippen molar-refractivity contribution in [3.63, 3.8) is 0 Å². The number of carboxylic acid groups (broad SMARTS) is 1. The smallest absolute Gasteiger partial charge is 0.307 e. The molecule has 0 amide bonds. The van der Waals surface area contributed by atoms with E-state index in [0.717, 1.165) is 19.3 Å². The van der Waals surface area contributed by atoms with Crippen molar-refractivity contribution in [2.45, 2.75) is 111 Å². The topological polar surface area (TPSA) is 37.3 Å². The van der Waals surface area contributed by atoms with Crippen molar-refractivity contribution in [1.29, 1.82) is 0 Å². The van der Waals surface area contributed by atoms with Crippen LogP contribution in [-0.2, 0) is 4.79 Å². The van der Waals surface area contributed by atoms with Crippen LogP contribution >= 0.6 is 0 Å². The van der Waals surface area contributed by atoms with E-state index in [0.29, 0.717) is 0 Å². The van der Waals surface area contributed by atoms with Gasteiger partial charge in [-0.25, -0.2) is 0 Å². The largest absolute Gasteiger partial charge is 0.481 e. The van der Waals surface area contributed by atoms with E-state index >= 15 is 0 Å². The maximum Gasteiger partial charge on any atom is 0.307 e. The van der Waals surface area contributed by atoms with Gasteiger partial charge >= 0.3 is 5.97 Å². The molecule has 0 aromatic rings. The van der Waals surface area contributed by atoms with Gasteiger partial charge in [0.05, 0.1) is 5.92 Å². The Hall–Kier alpha value is -0.790. The molecule has 0 aliphatic heterocycles. The minimum atomic E-state index is -0.639. The molecule has 1 N–H and O–H groups in total. The number of hydrogen-bond acceptors (Lipinski definition) is 1. The Labute approximate surface area is 151 Å². The fourth-order valence-electron chi connectivity index (χ4n) is 3.17. The van der Waals surface area contributed by atoms with E-state index in [1.54, 1.807) is 0 Å². The first-order valence-corrected chi connectivity index (χ1v) is 10.3. The highest BCUT2D eigenvalue weighted by atomic mass is 16.4. The van der Waals surface area contributed by atoms with Gasteiger partial charge in [-0.15, -0.1) is 0 Å². The lowest BCUT2D eigenvalue weighted by atomic mass is 9.78. The van der Waals surface area contributed by atoms with Gasteiger partial charge in [-0.1, -0.05) is 91.2 Å². The molecule has 0 spiro atoms. The highest BCUT2D eigenvalue weighted by Gasteiger charge is 2.30. The standard InChI is InChI=1S/C22H42O2/c1-5-6-7-8-9-10-11-12-13-14-15-16-17-18-19-20(21(23)24)22(2,3)4/h12-13,20H,5-11,14-19H2,1-4H3,(H,23,24). The summed E-state index contributed by atoms with van der Waals surface area (Å²) in [5.74, 6) is -0.852. The Morgan fingerprint density at radius 1 is 0.833 bits per heavy atom. The van der Waals surface area contributed by atoms with Crippen LogP contribution in [0.2, 0.25) is 0 Å². The van der Waals surface area contributed by atoms with Crippen LogP contribution in [0.15, 0.2) is 12.2 Å². The molecular formula is C22H42O2. The fourth-order valence-corrected chi connectivity index (χ4v) is 3.17. The summed E-state index contributed by atoms with van der Waals surface area (Å²) in [5, 5.41) is 9.30. The summed E-state index contributed by atoms with van der Waals surface area (Å²) < 4.78 is 0. The first-order chi connectivity index (χ1) is 11.4. The summed E-state index contributed by atoms with van der Waals surface area (Å²) in [7, 11) is 0. The molecular weight excluding hydrogens is 296 g/mol. The normalized spacial score (nSPS) is 13.5. The number of unbranched alkanes of at least 4 members (excludes halogenated alkanes) is 10. The summed E-state index contributed by atoms with van der Waals surface area (Å²) in [6, 6.07) is 0. The third-order valence-electron chi connectivity index (χ3n) is 4.85. The molecule has 0 radical (unpaired) electrons. The average Bonchev–Trinajstić information content (AvgIpc) is 2.49. The zero-order valence-electron chi connectivity index (χ0n) is 16.8. The van der Waals surface area contributed by atoms with E-state index in [-0.39, 0.29) is 11.3 Å². The Kier molecular flexibility index (Phi) is 14.1. The monoisotopic (exact) mass is 338 g/mol. The molecule has 0 bridgehead atoms. The van der Waals surface area contributed by atoms with E-state index in [9.17, 15) is 9.90 Å². The minimum absolute atomic E-state index is 0.134. The summed E-state index contributed by atoms with van der Waals surface area (Å²) in [5.41, 5.74) is -0.134. The third kappa shape index (κ3) is 13.6. The molecule has 0 aromatic heterocycles. The van der Waals surface area contributed by atoms with Gasteiger partial charge in [-0.2, -0.15) is 0 Å². The zero-order chi connectivity index (χ0) is 18.3. The van der Waals surface area contributed by atoms with E-state index in [2.05, 4.69) is 19.1 Å². The molecule has 0 aromatic carbocycles. The number of carbonyl (C=O) groups is 1. The van der Waals surface area contributed by atoms with E-state index in [1.165, 1.54) is 64.2 Å². The van der Waals surface area contributed by atoms with Crippen molar-refractivity contribution in [3.8, 4) is 0 Å². The first-order valence-electron chi connectivity index (χ1n) is 10.3. The lowest BCUT2D eigenvalue weighted by Gasteiger charge is -2.26. The van der Waals surface area contributed by atoms with Crippen molar-refractivity contribution in [2.24, 2.45) is 11.3 Å². The molecule has 0 saturated carbocycles. The zero-order valence-corrected chi connectivity index (χ0v) is 16.8. The Balaban J connectivity index is 3.47. The lowest BCUT2D eigenvalue weighted by molar-refractivity contribution is -0.145. The van der Waals surface area contributed by atoms with Crippen LogP contribution in [0.1, 0.15) is 111 Å². The molecule has 2 nitrogen and oxygen atoms in total. The molecule has 0 rings (SSSR count). The SMILES string of the molecule is CCCCCCCCC=CCCCCCCC(C(=O)O)C(C)(C)C. The van der Waals surface area contributed by atoms with Gasteiger partial charge in [0.15, 0.2) is 0 Å². The van der Waals surface area contributed by atoms with Crippen LogP contribution < -0.4 is 0 Å². The van der Waals surface area contributed by atoms with Crippen LogP contribution in [-0.4, -0.2) is 11.1 Å². The fraction of sp³-hybridized carbons (Fsp3) is 0.864. The van der Waals surface area contributed by atoms with E-state index in [1.807, 2.05) is 20.8 Å². The van der Waals surface area contributed by atoms with Crippen LogP contribution in [0.5, 0.6) is 0 Å². The van der Waals surface area contributed by atoms with E-state index in [4.69, 9.17) is 0 Å². The lowest BCUT2D eigenvalue weighted by Crippen LogP contribution is -2.28. The minimum Gasteiger partial charge on any atom is -0.481 e. The quantitative estimate of drug-likeness (QED) is 0.250. The molecule has 0 aliphatic rings. The molecule has 24 heavy (non-hydrogen) atoms. The molecule has 1 atom stereocenters. The second-order valence-corrected chi connectivity index (χ2v) is 8.28. The van der Waals surface area contributed by atoms with Gasteiger partial charge in [0.25, 0.3) is 0 Å². The predicted octanol–water partition coefficient (Wildman–Crippen LogP) is 7.38. The van der Waals surface area contributed by atoms with Crippen molar-refractivity contribution in [3.05, 3.63) is 12.2 Å². The highest BCUT2D eigenvalue weighted by molar-refractivity contribution is 5.70. The van der Waals surface area contributed by atoms with Crippen molar-refractivity contribution < 1.29 is 9.90 Å². The van der Waals surface area contributed by atoms with Gasteiger partial charge in [0.1, 0.15) is 0 Å². The average molecular weight is 339 g/mol. The predicted molar refractivity (Wildman–Crippen MR) is 105 cm³/mol. The summed E-state index contributed by atoms with van der Waals surface area (Å²) in [6.45, 7) is 8.35. The Morgan fingerprint density at radius 2 is 1.29 bits per heavy atom. The number of hydrogen-bond donors (Lipinski definition) is 1. The number of aliphatic carboxylic acids is 1. The number of carboxylic acids is 1. The number of rotatable bonds is 15. The first kappa shape index (κ1) is 23.2. The van der Waals surface area contributed by atoms with Crippen LogP contribution in [0.25, 0.3) is 0 Å². The molecule has 0 fully saturated rings. The second-order valence-electron chi connectivity index (χ2n) is 8.28. The summed E-state index contributed by atoms with van der Waals surface area (Å²) in [6.07, 6.45) is 20.8. The Bertz CT molecular complexity index is 325. The maximum atomic E-state index is 11.3. The van der Waals surface area contributed by atoms with Crippen LogP contribution in [0, 0.1) is 11.3 Å². The van der Waals surface area contributed by atoms with Crippen LogP contribution in [0.4, 0.5) is 0 Å².